The van der Waals surface area contributed by atoms with Crippen LogP contribution in [0.15, 0.2) is 53.6 Å². The molecule has 4 aromatic heterocycles. The third-order valence-electron chi connectivity index (χ3n) is 12.3. The standard InChI is InChI=1S/C40H47N11O4/c1-46(2)37(54)31-19-26-20-42-38(45-35(26)50(31)27-8-4-5-9-27)43-32-13-11-28(21-41-32)49-17-15-40(16-18-49)23-48(24-40)22-25-7-6-10-29-34(25)47(3)39(55)51(29)30-12-14-33(52)44-36(30)53/h6-7,10-11,13,19-21,27,30H,4-5,8-9,12,14-18,22-24H2,1-3H3,(H,44,52,53)(H,41,42,43,45). The van der Waals surface area contributed by atoms with Crippen molar-refractivity contribution in [1.82, 2.24) is 43.8 Å². The molecule has 3 aliphatic heterocycles. The molecule has 1 saturated carbocycles. The number of fused-ring (bicyclic) bond motifs is 2. The van der Waals surface area contributed by atoms with Crippen LogP contribution < -0.4 is 21.2 Å². The van der Waals surface area contributed by atoms with E-state index in [1.54, 1.807) is 41.4 Å². The van der Waals surface area contributed by atoms with Gasteiger partial charge in [0, 0.05) is 77.9 Å². The van der Waals surface area contributed by atoms with Crippen molar-refractivity contribution in [3.05, 3.63) is 70.5 Å². The SMILES string of the molecule is CN(C)C(=O)c1cc2cnc(Nc3ccc(N4CCC5(CC4)CN(Cc4cccc6c4n(C)c(=O)n6C4CCC(=O)NC4=O)C5)cn3)nc2n1C1CCCC1. The van der Waals surface area contributed by atoms with Crippen LogP contribution >= 0.6 is 0 Å². The maximum absolute atomic E-state index is 13.4. The number of carbonyl (C=O) groups is 3. The number of amides is 3. The van der Waals surface area contributed by atoms with Crippen molar-refractivity contribution in [2.24, 2.45) is 12.5 Å². The topological polar surface area (TPSA) is 156 Å². The Hall–Kier alpha value is -5.57. The van der Waals surface area contributed by atoms with Gasteiger partial charge in [-0.15, -0.1) is 0 Å². The molecule has 1 aromatic carbocycles. The maximum atomic E-state index is 13.4. The first kappa shape index (κ1) is 35.2. The van der Waals surface area contributed by atoms with Crippen molar-refractivity contribution < 1.29 is 14.4 Å². The number of para-hydroxylation sites is 1. The lowest BCUT2D eigenvalue weighted by Crippen LogP contribution is -2.59. The number of carbonyl (C=O) groups excluding carboxylic acids is 3. The molecule has 2 N–H and O–H groups in total. The molecule has 7 heterocycles. The van der Waals surface area contributed by atoms with Crippen molar-refractivity contribution in [2.45, 2.75) is 70.0 Å². The van der Waals surface area contributed by atoms with Crippen LogP contribution in [0.2, 0.25) is 0 Å². The minimum Gasteiger partial charge on any atom is -0.370 e. The van der Waals surface area contributed by atoms with Gasteiger partial charge >= 0.3 is 5.69 Å². The zero-order valence-electron chi connectivity index (χ0n) is 31.6. The normalized spacial score (nSPS) is 20.3. The number of likely N-dealkylation sites (tertiary alicyclic amines) is 1. The van der Waals surface area contributed by atoms with Gasteiger partial charge in [-0.05, 0) is 67.3 Å². The zero-order valence-corrected chi connectivity index (χ0v) is 31.6. The molecule has 15 nitrogen and oxygen atoms in total. The molecule has 286 valence electrons. The first-order chi connectivity index (χ1) is 26.6. The number of anilines is 3. The molecular weight excluding hydrogens is 699 g/mol. The maximum Gasteiger partial charge on any atom is 0.329 e. The molecule has 4 aliphatic rings. The molecule has 0 radical (unpaired) electrons. The van der Waals surface area contributed by atoms with E-state index in [0.717, 1.165) is 105 Å². The Balaban J connectivity index is 0.829. The Kier molecular flexibility index (Phi) is 8.71. The third-order valence-corrected chi connectivity index (χ3v) is 12.3. The number of hydrogen-bond donors (Lipinski definition) is 2. The first-order valence-electron chi connectivity index (χ1n) is 19.4. The predicted octanol–water partition coefficient (Wildman–Crippen LogP) is 4.12. The van der Waals surface area contributed by atoms with Crippen molar-refractivity contribution in [3.63, 3.8) is 0 Å². The van der Waals surface area contributed by atoms with Crippen LogP contribution in [0.4, 0.5) is 17.5 Å². The lowest BCUT2D eigenvalue weighted by atomic mass is 9.72. The Morgan fingerprint density at radius 3 is 2.47 bits per heavy atom. The number of aryl methyl sites for hydroxylation is 1. The summed E-state index contributed by atoms with van der Waals surface area (Å²) in [5, 5.41) is 6.53. The summed E-state index contributed by atoms with van der Waals surface area (Å²) in [4.78, 5) is 71.5. The molecule has 9 rings (SSSR count). The second kappa shape index (κ2) is 13.6. The highest BCUT2D eigenvalue weighted by molar-refractivity contribution is 6.00. The van der Waals surface area contributed by atoms with E-state index in [1.807, 2.05) is 30.5 Å². The zero-order chi connectivity index (χ0) is 38.0. The minimum absolute atomic E-state index is 0.0293. The van der Waals surface area contributed by atoms with E-state index in [0.29, 0.717) is 23.9 Å². The summed E-state index contributed by atoms with van der Waals surface area (Å²) in [6.07, 6.45) is 10.8. The van der Waals surface area contributed by atoms with Crippen LogP contribution in [0.3, 0.4) is 0 Å². The smallest absolute Gasteiger partial charge is 0.329 e. The molecule has 55 heavy (non-hydrogen) atoms. The molecule has 1 aliphatic carbocycles. The van der Waals surface area contributed by atoms with E-state index < -0.39 is 11.9 Å². The average molecular weight is 746 g/mol. The van der Waals surface area contributed by atoms with Gasteiger partial charge in [0.05, 0.1) is 22.9 Å². The average Bonchev–Trinajstić information content (AvgIpc) is 3.89. The van der Waals surface area contributed by atoms with E-state index in [-0.39, 0.29) is 35.4 Å². The van der Waals surface area contributed by atoms with E-state index in [2.05, 4.69) is 42.1 Å². The van der Waals surface area contributed by atoms with Gasteiger partial charge in [-0.1, -0.05) is 25.0 Å². The Bertz CT molecular complexity index is 2370. The molecule has 3 saturated heterocycles. The fourth-order valence-electron chi connectivity index (χ4n) is 9.44. The molecule has 1 unspecified atom stereocenters. The van der Waals surface area contributed by atoms with Gasteiger partial charge in [0.15, 0.2) is 0 Å². The van der Waals surface area contributed by atoms with Gasteiger partial charge in [0.25, 0.3) is 5.91 Å². The summed E-state index contributed by atoms with van der Waals surface area (Å²) in [6.45, 7) is 4.63. The lowest BCUT2D eigenvalue weighted by Gasteiger charge is -2.54. The Morgan fingerprint density at radius 2 is 1.76 bits per heavy atom. The number of hydrogen-bond acceptors (Lipinski definition) is 10. The third kappa shape index (κ3) is 6.23. The molecular formula is C40H47N11O4. The summed E-state index contributed by atoms with van der Waals surface area (Å²) < 4.78 is 5.31. The monoisotopic (exact) mass is 745 g/mol. The van der Waals surface area contributed by atoms with E-state index in [4.69, 9.17) is 9.97 Å². The summed E-state index contributed by atoms with van der Waals surface area (Å²) in [5.41, 5.74) is 5.18. The van der Waals surface area contributed by atoms with Gasteiger partial charge in [-0.2, -0.15) is 4.98 Å². The number of aromatic nitrogens is 6. The van der Waals surface area contributed by atoms with Crippen LogP contribution in [0.5, 0.6) is 0 Å². The first-order valence-corrected chi connectivity index (χ1v) is 19.4. The molecule has 3 amide bonds. The number of piperidine rings is 2. The summed E-state index contributed by atoms with van der Waals surface area (Å²) >= 11 is 0. The number of nitrogens with one attached hydrogen (secondary N) is 2. The van der Waals surface area contributed by atoms with E-state index in [9.17, 15) is 19.2 Å². The van der Waals surface area contributed by atoms with Crippen LogP contribution in [0.1, 0.15) is 79.5 Å². The molecule has 0 bridgehead atoms. The van der Waals surface area contributed by atoms with Gasteiger partial charge in [-0.3, -0.25) is 33.7 Å². The van der Waals surface area contributed by atoms with Gasteiger partial charge in [0.1, 0.15) is 23.2 Å². The number of nitrogens with zero attached hydrogens (tertiary/aromatic N) is 9. The van der Waals surface area contributed by atoms with Crippen molar-refractivity contribution in [2.75, 3.05) is 50.5 Å². The van der Waals surface area contributed by atoms with Crippen LogP contribution in [-0.4, -0.2) is 96.4 Å². The number of imide groups is 1. The largest absolute Gasteiger partial charge is 0.370 e. The second-order valence-electron chi connectivity index (χ2n) is 16.1. The molecule has 1 spiro atoms. The number of imidazole rings is 1. The second-order valence-corrected chi connectivity index (χ2v) is 16.1. The predicted molar refractivity (Wildman–Crippen MR) is 208 cm³/mol. The number of benzene rings is 1. The number of pyridine rings is 1. The highest BCUT2D eigenvalue weighted by Gasteiger charge is 2.45. The van der Waals surface area contributed by atoms with Crippen LogP contribution in [0.25, 0.3) is 22.1 Å². The lowest BCUT2D eigenvalue weighted by molar-refractivity contribution is -0.135. The van der Waals surface area contributed by atoms with Crippen molar-refractivity contribution in [1.29, 1.82) is 0 Å². The Morgan fingerprint density at radius 1 is 0.982 bits per heavy atom. The van der Waals surface area contributed by atoms with Crippen LogP contribution in [0, 0.1) is 5.41 Å². The van der Waals surface area contributed by atoms with E-state index in [1.165, 1.54) is 0 Å². The highest BCUT2D eigenvalue weighted by Crippen LogP contribution is 2.42. The number of rotatable bonds is 8. The van der Waals surface area contributed by atoms with E-state index >= 15 is 0 Å². The fourth-order valence-corrected chi connectivity index (χ4v) is 9.44. The molecule has 4 fully saturated rings. The molecule has 5 aromatic rings. The van der Waals surface area contributed by atoms with Gasteiger partial charge in [0.2, 0.25) is 17.8 Å². The Labute approximate surface area is 318 Å². The van der Waals surface area contributed by atoms with Crippen LogP contribution in [-0.2, 0) is 23.2 Å². The van der Waals surface area contributed by atoms with Crippen molar-refractivity contribution >= 4 is 57.2 Å². The molecule has 1 atom stereocenters. The summed E-state index contributed by atoms with van der Waals surface area (Å²) in [6, 6.07) is 11.5. The highest BCUT2D eigenvalue weighted by atomic mass is 16.2. The quantitative estimate of drug-likeness (QED) is 0.222. The van der Waals surface area contributed by atoms with Gasteiger partial charge < -0.3 is 19.7 Å². The van der Waals surface area contributed by atoms with Crippen molar-refractivity contribution in [3.8, 4) is 0 Å². The fraction of sp³-hybridized carbons (Fsp3) is 0.475. The minimum atomic E-state index is -0.691. The summed E-state index contributed by atoms with van der Waals surface area (Å²) in [5.74, 6) is 0.372. The molecule has 15 heteroatoms. The summed E-state index contributed by atoms with van der Waals surface area (Å²) in [7, 11) is 5.32. The van der Waals surface area contributed by atoms with Gasteiger partial charge in [-0.25, -0.2) is 14.8 Å².